The first-order valence-corrected chi connectivity index (χ1v) is 8.97. The van der Waals surface area contributed by atoms with Gasteiger partial charge in [-0.1, -0.05) is 11.3 Å². The smallest absolute Gasteiger partial charge is 0.208 e. The third-order valence-corrected chi connectivity index (χ3v) is 5.39. The summed E-state index contributed by atoms with van der Waals surface area (Å²) in [6.07, 6.45) is 5.99. The van der Waals surface area contributed by atoms with E-state index in [4.69, 9.17) is 4.74 Å². The van der Waals surface area contributed by atoms with Crippen LogP contribution in [0.2, 0.25) is 0 Å². The van der Waals surface area contributed by atoms with Crippen LogP contribution in [-0.4, -0.2) is 58.5 Å². The number of aromatic nitrogens is 3. The van der Waals surface area contributed by atoms with E-state index in [0.29, 0.717) is 0 Å². The molecular weight excluding hydrogens is 310 g/mol. The molecular formula is C16H21N5OS. The highest BCUT2D eigenvalue weighted by atomic mass is 32.1. The Labute approximate surface area is 140 Å². The van der Waals surface area contributed by atoms with Gasteiger partial charge in [-0.15, -0.1) is 10.2 Å². The summed E-state index contributed by atoms with van der Waals surface area (Å²) in [5, 5.41) is 9.21. The third kappa shape index (κ3) is 3.36. The predicted octanol–water partition coefficient (Wildman–Crippen LogP) is 1.80. The van der Waals surface area contributed by atoms with Crippen molar-refractivity contribution in [1.82, 2.24) is 20.1 Å². The fourth-order valence-corrected chi connectivity index (χ4v) is 4.21. The first-order valence-electron chi connectivity index (χ1n) is 8.09. The molecule has 0 bridgehead atoms. The molecule has 0 aromatic carbocycles. The molecule has 0 aliphatic carbocycles. The molecule has 7 heteroatoms. The number of hydrogen-bond acceptors (Lipinski definition) is 7. The molecule has 0 saturated carbocycles. The van der Waals surface area contributed by atoms with Crippen LogP contribution in [0, 0.1) is 0 Å². The maximum Gasteiger partial charge on any atom is 0.208 e. The highest BCUT2D eigenvalue weighted by Crippen LogP contribution is 2.32. The highest BCUT2D eigenvalue weighted by molar-refractivity contribution is 7.13. The second-order valence-electron chi connectivity index (χ2n) is 6.34. The molecule has 122 valence electrons. The van der Waals surface area contributed by atoms with Crippen molar-refractivity contribution in [3.05, 3.63) is 35.6 Å². The van der Waals surface area contributed by atoms with E-state index in [0.717, 1.165) is 57.3 Å². The maximum atomic E-state index is 6.26. The van der Waals surface area contributed by atoms with Crippen molar-refractivity contribution < 1.29 is 4.74 Å². The normalized spacial score (nSPS) is 25.8. The Morgan fingerprint density at radius 3 is 2.96 bits per heavy atom. The van der Waals surface area contributed by atoms with Crippen molar-refractivity contribution in [3.8, 4) is 0 Å². The van der Waals surface area contributed by atoms with E-state index in [1.54, 1.807) is 16.8 Å². The Morgan fingerprint density at radius 2 is 2.13 bits per heavy atom. The van der Waals surface area contributed by atoms with Gasteiger partial charge in [0.15, 0.2) is 0 Å². The average Bonchev–Trinajstić information content (AvgIpc) is 3.10. The quantitative estimate of drug-likeness (QED) is 0.855. The molecule has 0 unspecified atom stereocenters. The number of hydrogen-bond donors (Lipinski definition) is 0. The maximum absolute atomic E-state index is 6.26. The van der Waals surface area contributed by atoms with Crippen LogP contribution >= 0.6 is 11.3 Å². The van der Waals surface area contributed by atoms with Crippen molar-refractivity contribution in [2.24, 2.45) is 0 Å². The number of ether oxygens (including phenoxy) is 1. The molecule has 2 aliphatic heterocycles. The van der Waals surface area contributed by atoms with Gasteiger partial charge in [-0.25, -0.2) is 0 Å². The monoisotopic (exact) mass is 331 g/mol. The van der Waals surface area contributed by atoms with Gasteiger partial charge in [-0.3, -0.25) is 9.88 Å². The molecule has 2 aliphatic rings. The minimum absolute atomic E-state index is 0.0742. The molecule has 2 aromatic heterocycles. The number of pyridine rings is 1. The first-order chi connectivity index (χ1) is 11.3. The van der Waals surface area contributed by atoms with Crippen LogP contribution in [0.1, 0.15) is 18.4 Å². The molecule has 0 radical (unpaired) electrons. The van der Waals surface area contributed by atoms with E-state index in [9.17, 15) is 0 Å². The van der Waals surface area contributed by atoms with Gasteiger partial charge >= 0.3 is 0 Å². The molecule has 4 rings (SSSR count). The summed E-state index contributed by atoms with van der Waals surface area (Å²) >= 11 is 1.61. The van der Waals surface area contributed by atoms with Gasteiger partial charge < -0.3 is 9.64 Å². The fraction of sp³-hybridized carbons (Fsp3) is 0.562. The van der Waals surface area contributed by atoms with Crippen molar-refractivity contribution in [2.45, 2.75) is 25.0 Å². The van der Waals surface area contributed by atoms with Crippen LogP contribution in [0.25, 0.3) is 0 Å². The zero-order valence-electron chi connectivity index (χ0n) is 13.1. The Kier molecular flexibility index (Phi) is 4.24. The average molecular weight is 331 g/mol. The SMILES string of the molecule is c1cc(CN2CCO[C@]3(CCCN(c4nncs4)C3)C2)ccn1. The molecule has 2 saturated heterocycles. The molecule has 4 heterocycles. The lowest BCUT2D eigenvalue weighted by atomic mass is 9.91. The van der Waals surface area contributed by atoms with Gasteiger partial charge in [-0.2, -0.15) is 0 Å². The summed E-state index contributed by atoms with van der Waals surface area (Å²) in [6.45, 7) is 5.69. The third-order valence-electron chi connectivity index (χ3n) is 4.64. The van der Waals surface area contributed by atoms with Crippen LogP contribution in [0.5, 0.6) is 0 Å². The Morgan fingerprint density at radius 1 is 1.22 bits per heavy atom. The summed E-state index contributed by atoms with van der Waals surface area (Å²) in [4.78, 5) is 8.93. The molecule has 6 nitrogen and oxygen atoms in total. The van der Waals surface area contributed by atoms with Crippen molar-refractivity contribution >= 4 is 16.5 Å². The van der Waals surface area contributed by atoms with Crippen LogP contribution in [0.4, 0.5) is 5.13 Å². The number of rotatable bonds is 3. The van der Waals surface area contributed by atoms with Gasteiger partial charge in [0.1, 0.15) is 5.51 Å². The standard InChI is InChI=1S/C16H21N5OS/c1-4-16(12-21(7-1)15-19-18-13-23-15)11-20(8-9-22-16)10-14-2-5-17-6-3-14/h2-3,5-6,13H,1,4,7-12H2/t16-/m1/s1. The largest absolute Gasteiger partial charge is 0.370 e. The summed E-state index contributed by atoms with van der Waals surface area (Å²) in [5.74, 6) is 0. The van der Waals surface area contributed by atoms with Crippen LogP contribution in [0.15, 0.2) is 30.0 Å². The van der Waals surface area contributed by atoms with Crippen LogP contribution in [-0.2, 0) is 11.3 Å². The van der Waals surface area contributed by atoms with Gasteiger partial charge in [0.05, 0.1) is 18.8 Å². The van der Waals surface area contributed by atoms with Crippen molar-refractivity contribution in [2.75, 3.05) is 37.7 Å². The van der Waals surface area contributed by atoms with Gasteiger partial charge in [-0.05, 0) is 30.5 Å². The molecule has 2 aromatic rings. The number of anilines is 1. The summed E-state index contributed by atoms with van der Waals surface area (Å²) in [6, 6.07) is 4.19. The van der Waals surface area contributed by atoms with E-state index in [1.807, 2.05) is 12.4 Å². The van der Waals surface area contributed by atoms with E-state index in [-0.39, 0.29) is 5.60 Å². The minimum Gasteiger partial charge on any atom is -0.370 e. The van der Waals surface area contributed by atoms with Crippen LogP contribution in [0.3, 0.4) is 0 Å². The highest BCUT2D eigenvalue weighted by Gasteiger charge is 2.41. The lowest BCUT2D eigenvalue weighted by Gasteiger charge is -2.48. The minimum atomic E-state index is -0.0742. The van der Waals surface area contributed by atoms with Crippen molar-refractivity contribution in [3.63, 3.8) is 0 Å². The molecule has 0 amide bonds. The van der Waals surface area contributed by atoms with Crippen LogP contribution < -0.4 is 4.90 Å². The number of morpholine rings is 1. The molecule has 2 fully saturated rings. The topological polar surface area (TPSA) is 54.4 Å². The Hall–Kier alpha value is -1.57. The van der Waals surface area contributed by atoms with Gasteiger partial charge in [0.2, 0.25) is 5.13 Å². The fourth-order valence-electron chi connectivity index (χ4n) is 3.62. The van der Waals surface area contributed by atoms with E-state index in [2.05, 4.69) is 37.1 Å². The second kappa shape index (κ2) is 6.51. The molecule has 1 spiro atoms. The summed E-state index contributed by atoms with van der Waals surface area (Å²) in [5.41, 5.74) is 3.04. The second-order valence-corrected chi connectivity index (χ2v) is 7.16. The van der Waals surface area contributed by atoms with Gasteiger partial charge in [0.25, 0.3) is 0 Å². The van der Waals surface area contributed by atoms with Gasteiger partial charge in [0, 0.05) is 38.6 Å². The van der Waals surface area contributed by atoms with E-state index in [1.165, 1.54) is 5.56 Å². The molecule has 23 heavy (non-hydrogen) atoms. The Balaban J connectivity index is 1.45. The van der Waals surface area contributed by atoms with Crippen molar-refractivity contribution in [1.29, 1.82) is 0 Å². The number of nitrogens with zero attached hydrogens (tertiary/aromatic N) is 5. The lowest BCUT2D eigenvalue weighted by molar-refractivity contribution is -0.116. The molecule has 1 atom stereocenters. The predicted molar refractivity (Wildman–Crippen MR) is 89.6 cm³/mol. The van der Waals surface area contributed by atoms with E-state index >= 15 is 0 Å². The first kappa shape index (κ1) is 15.0. The summed E-state index contributed by atoms with van der Waals surface area (Å²) < 4.78 is 6.26. The lowest BCUT2D eigenvalue weighted by Crippen LogP contribution is -2.59. The van der Waals surface area contributed by atoms with E-state index < -0.39 is 0 Å². The zero-order chi connectivity index (χ0) is 15.5. The zero-order valence-corrected chi connectivity index (χ0v) is 13.9. The number of piperidine rings is 1. The molecule has 0 N–H and O–H groups in total. The summed E-state index contributed by atoms with van der Waals surface area (Å²) in [7, 11) is 0. The Bertz CT molecular complexity index is 619.